The molecule has 0 fully saturated rings. The Morgan fingerprint density at radius 3 is 1.35 bits per heavy atom. The van der Waals surface area contributed by atoms with Gasteiger partial charge in [0.15, 0.2) is 0 Å². The van der Waals surface area contributed by atoms with Gasteiger partial charge in [0.1, 0.15) is 12.6 Å². The maximum Gasteiger partial charge on any atom is 0.126 e. The zero-order valence-corrected chi connectivity index (χ0v) is 24.1. The summed E-state index contributed by atoms with van der Waals surface area (Å²) >= 11 is 0. The Morgan fingerprint density at radius 1 is 0.647 bits per heavy atom. The van der Waals surface area contributed by atoms with Crippen LogP contribution < -0.4 is 0 Å². The molecule has 204 valence electrons. The van der Waals surface area contributed by atoms with E-state index in [1.54, 1.807) is 0 Å². The van der Waals surface area contributed by atoms with Crippen LogP contribution in [-0.4, -0.2) is 55.1 Å². The number of hydrogen-bond acceptors (Lipinski definition) is 2. The first kappa shape index (κ1) is 33.6. The molecule has 0 aliphatic carbocycles. The summed E-state index contributed by atoms with van der Waals surface area (Å²) in [7, 11) is 0. The van der Waals surface area contributed by atoms with Crippen LogP contribution in [0.3, 0.4) is 0 Å². The highest BCUT2D eigenvalue weighted by Crippen LogP contribution is 2.20. The number of nitrogens with zero attached hydrogens (tertiary/aromatic N) is 1. The zero-order chi connectivity index (χ0) is 25.3. The highest BCUT2D eigenvalue weighted by molar-refractivity contribution is 4.87. The molecule has 0 radical (unpaired) electrons. The van der Waals surface area contributed by atoms with Gasteiger partial charge in [-0.1, -0.05) is 110 Å². The van der Waals surface area contributed by atoms with E-state index in [0.717, 1.165) is 16.6 Å². The van der Waals surface area contributed by atoms with E-state index in [0.29, 0.717) is 13.2 Å². The van der Waals surface area contributed by atoms with Crippen molar-refractivity contribution in [3.05, 3.63) is 12.2 Å². The fourth-order valence-corrected chi connectivity index (χ4v) is 5.16. The summed E-state index contributed by atoms with van der Waals surface area (Å²) in [4.78, 5) is 0. The lowest BCUT2D eigenvalue weighted by Crippen LogP contribution is -2.54. The van der Waals surface area contributed by atoms with E-state index in [9.17, 15) is 5.11 Å². The Morgan fingerprint density at radius 2 is 1.00 bits per heavy atom. The number of rotatable bonds is 27. The molecule has 1 unspecified atom stereocenters. The molecule has 0 aromatic rings. The Labute approximate surface area is 215 Å². The molecule has 0 amide bonds. The van der Waals surface area contributed by atoms with Crippen molar-refractivity contribution in [1.29, 1.82) is 0 Å². The predicted octanol–water partition coefficient (Wildman–Crippen LogP) is 8.84. The van der Waals surface area contributed by atoms with Crippen molar-refractivity contribution >= 4 is 0 Å². The lowest BCUT2D eigenvalue weighted by molar-refractivity contribution is -0.931. The maximum absolute atomic E-state index is 10.9. The average Bonchev–Trinajstić information content (AvgIpc) is 2.80. The SMILES string of the molecule is C=C(C)COCC(O)C[N+](CCCCCCCC)(CCCCCCCC)CCCCCCCC. The van der Waals surface area contributed by atoms with Crippen molar-refractivity contribution in [3.8, 4) is 0 Å². The highest BCUT2D eigenvalue weighted by atomic mass is 16.5. The summed E-state index contributed by atoms with van der Waals surface area (Å²) in [5, 5.41) is 10.9. The lowest BCUT2D eigenvalue weighted by atomic mass is 10.1. The van der Waals surface area contributed by atoms with Crippen LogP contribution in [-0.2, 0) is 4.74 Å². The van der Waals surface area contributed by atoms with E-state index in [-0.39, 0.29) is 6.10 Å². The van der Waals surface area contributed by atoms with Crippen LogP contribution >= 0.6 is 0 Å². The fraction of sp³-hybridized carbons (Fsp3) is 0.935. The number of aliphatic hydroxyl groups is 1. The van der Waals surface area contributed by atoms with Crippen molar-refractivity contribution in [1.82, 2.24) is 0 Å². The van der Waals surface area contributed by atoms with Crippen molar-refractivity contribution in [2.45, 2.75) is 149 Å². The molecule has 3 heteroatoms. The second-order valence-electron chi connectivity index (χ2n) is 11.1. The Balaban J connectivity index is 4.99. The van der Waals surface area contributed by atoms with Gasteiger partial charge < -0.3 is 14.3 Å². The molecule has 0 saturated heterocycles. The third-order valence-corrected chi connectivity index (χ3v) is 7.21. The van der Waals surface area contributed by atoms with E-state index >= 15 is 0 Å². The number of hydrogen-bond donors (Lipinski definition) is 1. The second-order valence-corrected chi connectivity index (χ2v) is 11.1. The summed E-state index contributed by atoms with van der Waals surface area (Å²) < 4.78 is 6.86. The summed E-state index contributed by atoms with van der Waals surface area (Å²) in [5.74, 6) is 0. The monoisotopic (exact) mass is 482 g/mol. The minimum Gasteiger partial charge on any atom is -0.385 e. The van der Waals surface area contributed by atoms with Gasteiger partial charge in [0, 0.05) is 0 Å². The van der Waals surface area contributed by atoms with Crippen molar-refractivity contribution < 1.29 is 14.3 Å². The quantitative estimate of drug-likeness (QED) is 0.0719. The Bertz CT molecular complexity index is 396. The highest BCUT2D eigenvalue weighted by Gasteiger charge is 2.29. The van der Waals surface area contributed by atoms with Crippen LogP contribution in [0.25, 0.3) is 0 Å². The Kier molecular flexibility index (Phi) is 24.0. The van der Waals surface area contributed by atoms with E-state index in [4.69, 9.17) is 4.74 Å². The van der Waals surface area contributed by atoms with Gasteiger partial charge in [0.2, 0.25) is 0 Å². The molecule has 34 heavy (non-hydrogen) atoms. The summed E-state index contributed by atoms with van der Waals surface area (Å²) in [5.41, 5.74) is 1.03. The van der Waals surface area contributed by atoms with E-state index < -0.39 is 0 Å². The van der Waals surface area contributed by atoms with Gasteiger partial charge in [-0.15, -0.1) is 0 Å². The molecule has 3 nitrogen and oxygen atoms in total. The predicted molar refractivity (Wildman–Crippen MR) is 151 cm³/mol. The van der Waals surface area contributed by atoms with E-state index in [1.807, 2.05) is 6.92 Å². The minimum absolute atomic E-state index is 0.375. The molecular formula is C31H64NO2+. The topological polar surface area (TPSA) is 29.5 Å². The van der Waals surface area contributed by atoms with Gasteiger partial charge in [-0.05, 0) is 45.4 Å². The third-order valence-electron chi connectivity index (χ3n) is 7.21. The van der Waals surface area contributed by atoms with Gasteiger partial charge in [0.25, 0.3) is 0 Å². The molecule has 0 heterocycles. The van der Waals surface area contributed by atoms with Crippen LogP contribution in [0.5, 0.6) is 0 Å². The molecule has 0 aliphatic heterocycles. The maximum atomic E-state index is 10.9. The number of unbranched alkanes of at least 4 members (excludes halogenated alkanes) is 15. The molecule has 0 aromatic heterocycles. The summed E-state index contributed by atoms with van der Waals surface area (Å²) in [6.07, 6.45) is 23.8. The molecule has 1 atom stereocenters. The largest absolute Gasteiger partial charge is 0.385 e. The van der Waals surface area contributed by atoms with Crippen molar-refractivity contribution in [3.63, 3.8) is 0 Å². The standard InChI is InChI=1S/C31H64NO2/c1-6-9-12-15-18-21-24-32(25-22-19-16-13-10-7-2,26-23-20-17-14-11-8-3)27-31(33)29-34-28-30(4)5/h31,33H,4,6-29H2,1-3,5H3/q+1. The molecule has 0 aromatic carbocycles. The molecule has 0 spiro atoms. The average molecular weight is 483 g/mol. The smallest absolute Gasteiger partial charge is 0.126 e. The van der Waals surface area contributed by atoms with Crippen LogP contribution in [0.15, 0.2) is 12.2 Å². The summed E-state index contributed by atoms with van der Waals surface area (Å²) in [6.45, 7) is 18.3. The van der Waals surface area contributed by atoms with Gasteiger partial charge in [-0.2, -0.15) is 0 Å². The fourth-order valence-electron chi connectivity index (χ4n) is 5.16. The van der Waals surface area contributed by atoms with Gasteiger partial charge >= 0.3 is 0 Å². The third kappa shape index (κ3) is 20.9. The number of aliphatic hydroxyl groups excluding tert-OH is 1. The first-order chi connectivity index (χ1) is 16.5. The van der Waals surface area contributed by atoms with E-state index in [2.05, 4.69) is 27.4 Å². The summed E-state index contributed by atoms with van der Waals surface area (Å²) in [6, 6.07) is 0. The van der Waals surface area contributed by atoms with Crippen LogP contribution in [0, 0.1) is 0 Å². The van der Waals surface area contributed by atoms with Gasteiger partial charge in [-0.3, -0.25) is 0 Å². The number of quaternary nitrogens is 1. The zero-order valence-electron chi connectivity index (χ0n) is 24.1. The molecule has 1 N–H and O–H groups in total. The first-order valence-corrected chi connectivity index (χ1v) is 15.2. The molecule has 0 bridgehead atoms. The normalized spacial score (nSPS) is 12.9. The minimum atomic E-state index is -0.375. The van der Waals surface area contributed by atoms with Crippen LogP contribution in [0.1, 0.15) is 143 Å². The van der Waals surface area contributed by atoms with Gasteiger partial charge in [-0.25, -0.2) is 0 Å². The molecular weight excluding hydrogens is 418 g/mol. The van der Waals surface area contributed by atoms with Crippen molar-refractivity contribution in [2.24, 2.45) is 0 Å². The number of ether oxygens (including phenoxy) is 1. The lowest BCUT2D eigenvalue weighted by Gasteiger charge is -2.41. The molecule has 0 aliphatic rings. The molecule has 0 saturated carbocycles. The van der Waals surface area contributed by atoms with Crippen LogP contribution in [0.2, 0.25) is 0 Å². The first-order valence-electron chi connectivity index (χ1n) is 15.2. The van der Waals surface area contributed by atoms with E-state index in [1.165, 1.54) is 135 Å². The molecule has 0 rings (SSSR count). The van der Waals surface area contributed by atoms with Gasteiger partial charge in [0.05, 0.1) is 32.8 Å². The van der Waals surface area contributed by atoms with Crippen molar-refractivity contribution in [2.75, 3.05) is 39.4 Å². The Hall–Kier alpha value is -0.380. The second kappa shape index (κ2) is 24.3. The van der Waals surface area contributed by atoms with Crippen LogP contribution in [0.4, 0.5) is 0 Å².